The van der Waals surface area contributed by atoms with Gasteiger partial charge in [0.05, 0.1) is 5.52 Å². The Kier molecular flexibility index (Phi) is 5.07. The van der Waals surface area contributed by atoms with Crippen molar-refractivity contribution in [1.29, 1.82) is 0 Å². The molecule has 0 radical (unpaired) electrons. The number of carbonyl (C=O) groups excluding carboxylic acids is 1. The van der Waals surface area contributed by atoms with E-state index in [4.69, 9.17) is 0 Å². The quantitative estimate of drug-likeness (QED) is 0.736. The largest absolute Gasteiger partial charge is 0.350 e. The van der Waals surface area contributed by atoms with Gasteiger partial charge in [-0.25, -0.2) is 8.42 Å². The van der Waals surface area contributed by atoms with Crippen LogP contribution in [-0.4, -0.2) is 42.2 Å². The second kappa shape index (κ2) is 7.77. The van der Waals surface area contributed by atoms with Gasteiger partial charge < -0.3 is 5.32 Å². The van der Waals surface area contributed by atoms with Crippen LogP contribution in [-0.2, 0) is 14.8 Å². The van der Waals surface area contributed by atoms with Gasteiger partial charge in [0.15, 0.2) is 0 Å². The van der Waals surface area contributed by atoms with Crippen LogP contribution in [0, 0.1) is 30.6 Å². The van der Waals surface area contributed by atoms with Crippen molar-refractivity contribution in [3.8, 4) is 0 Å². The number of para-hydroxylation sites is 1. The van der Waals surface area contributed by atoms with Gasteiger partial charge in [0.2, 0.25) is 15.9 Å². The Morgan fingerprint density at radius 2 is 1.70 bits per heavy atom. The lowest BCUT2D eigenvalue weighted by Crippen LogP contribution is -2.61. The molecule has 1 aliphatic heterocycles. The Hall–Kier alpha value is -1.99. The van der Waals surface area contributed by atoms with Crippen molar-refractivity contribution >= 4 is 26.8 Å². The summed E-state index contributed by atoms with van der Waals surface area (Å²) in [6.45, 7) is 2.71. The highest BCUT2D eigenvalue weighted by atomic mass is 32.2. The molecule has 1 aromatic heterocycles. The molecule has 1 aromatic carbocycles. The van der Waals surface area contributed by atoms with Gasteiger partial charge in [0, 0.05) is 36.1 Å². The number of pyridine rings is 1. The zero-order valence-electron chi connectivity index (χ0n) is 19.3. The summed E-state index contributed by atoms with van der Waals surface area (Å²) in [6, 6.07) is 7.28. The van der Waals surface area contributed by atoms with Crippen molar-refractivity contribution in [2.24, 2.45) is 23.7 Å². The van der Waals surface area contributed by atoms with Crippen molar-refractivity contribution < 1.29 is 13.2 Å². The summed E-state index contributed by atoms with van der Waals surface area (Å²) < 4.78 is 28.4. The molecule has 7 heteroatoms. The molecule has 4 bridgehead atoms. The smallest absolute Gasteiger partial charge is 0.245 e. The fourth-order valence-corrected chi connectivity index (χ4v) is 9.21. The molecule has 6 nitrogen and oxygen atoms in total. The predicted molar refractivity (Wildman–Crippen MR) is 127 cm³/mol. The maximum Gasteiger partial charge on any atom is 0.245 e. The lowest BCUT2D eigenvalue weighted by atomic mass is 9.53. The van der Waals surface area contributed by atoms with Crippen molar-refractivity contribution in [3.05, 3.63) is 36.0 Å². The van der Waals surface area contributed by atoms with Gasteiger partial charge in [0.1, 0.15) is 4.90 Å². The van der Waals surface area contributed by atoms with Gasteiger partial charge in [-0.15, -0.1) is 0 Å². The molecule has 5 aliphatic rings. The van der Waals surface area contributed by atoms with Crippen molar-refractivity contribution in [2.75, 3.05) is 13.1 Å². The molecule has 0 spiro atoms. The number of nitrogens with zero attached hydrogens (tertiary/aromatic N) is 2. The fourth-order valence-electron chi connectivity index (χ4n) is 7.58. The standard InChI is InChI=1S/C26H33N3O3S/c1-17-9-22-3-2-4-23(24(22)27-16-17)33(31,32)29-7-5-21(6-8-29)25(30)28-26-13-18-10-19(14-26)12-20(11-18)15-26/h2-4,9,16,18-21H,5-8,10-15H2,1H3,(H,28,30). The lowest BCUT2D eigenvalue weighted by Gasteiger charge is -2.57. The lowest BCUT2D eigenvalue weighted by molar-refractivity contribution is -0.132. The van der Waals surface area contributed by atoms with E-state index in [1.807, 2.05) is 19.1 Å². The first-order valence-corrected chi connectivity index (χ1v) is 13.9. The first-order chi connectivity index (χ1) is 15.8. The number of rotatable bonds is 4. The Balaban J connectivity index is 1.14. The van der Waals surface area contributed by atoms with E-state index >= 15 is 0 Å². The number of hydrogen-bond donors (Lipinski definition) is 1. The van der Waals surface area contributed by atoms with Crippen LogP contribution in [0.3, 0.4) is 0 Å². The Labute approximate surface area is 196 Å². The van der Waals surface area contributed by atoms with E-state index in [9.17, 15) is 13.2 Å². The molecule has 1 amide bonds. The molecule has 1 saturated heterocycles. The molecule has 33 heavy (non-hydrogen) atoms. The maximum atomic E-state index is 13.4. The highest BCUT2D eigenvalue weighted by molar-refractivity contribution is 7.89. The number of sulfonamides is 1. The van der Waals surface area contributed by atoms with Crippen molar-refractivity contribution in [3.63, 3.8) is 0 Å². The summed E-state index contributed by atoms with van der Waals surface area (Å²) in [5.41, 5.74) is 1.54. The summed E-state index contributed by atoms with van der Waals surface area (Å²) >= 11 is 0. The Morgan fingerprint density at radius 3 is 2.33 bits per heavy atom. The number of amides is 1. The molecule has 5 fully saturated rings. The third kappa shape index (κ3) is 3.77. The van der Waals surface area contributed by atoms with Crippen LogP contribution in [0.25, 0.3) is 10.9 Å². The minimum Gasteiger partial charge on any atom is -0.350 e. The normalized spacial score (nSPS) is 32.3. The van der Waals surface area contributed by atoms with Gasteiger partial charge in [-0.3, -0.25) is 9.78 Å². The number of hydrogen-bond acceptors (Lipinski definition) is 4. The summed E-state index contributed by atoms with van der Waals surface area (Å²) in [7, 11) is -3.66. The number of benzene rings is 1. The fraction of sp³-hybridized carbons (Fsp3) is 0.615. The second-order valence-corrected chi connectivity index (χ2v) is 13.1. The molecular formula is C26H33N3O3S. The molecule has 176 valence electrons. The zero-order valence-corrected chi connectivity index (χ0v) is 20.1. The minimum absolute atomic E-state index is 0.0157. The first-order valence-electron chi connectivity index (χ1n) is 12.5. The van der Waals surface area contributed by atoms with Gasteiger partial charge >= 0.3 is 0 Å². The molecule has 0 atom stereocenters. The maximum absolute atomic E-state index is 13.4. The molecule has 4 aliphatic carbocycles. The van der Waals surface area contributed by atoms with Gasteiger partial charge in [-0.05, 0) is 93.7 Å². The van der Waals surface area contributed by atoms with Crippen LogP contribution >= 0.6 is 0 Å². The van der Waals surface area contributed by atoms with Crippen molar-refractivity contribution in [1.82, 2.24) is 14.6 Å². The number of carbonyl (C=O) groups is 1. The minimum atomic E-state index is -3.66. The number of aryl methyl sites for hydroxylation is 1. The Morgan fingerprint density at radius 1 is 1.06 bits per heavy atom. The molecule has 0 unspecified atom stereocenters. The summed E-state index contributed by atoms with van der Waals surface area (Å²) in [6.07, 6.45) is 10.4. The molecule has 1 N–H and O–H groups in total. The van der Waals surface area contributed by atoms with E-state index in [1.54, 1.807) is 18.3 Å². The van der Waals surface area contributed by atoms with Crippen LogP contribution in [0.5, 0.6) is 0 Å². The van der Waals surface area contributed by atoms with Crippen LogP contribution < -0.4 is 5.32 Å². The average molecular weight is 468 g/mol. The van der Waals surface area contributed by atoms with E-state index in [1.165, 1.54) is 23.6 Å². The number of fused-ring (bicyclic) bond motifs is 1. The molecule has 2 aromatic rings. The van der Waals surface area contributed by atoms with Crippen LogP contribution in [0.15, 0.2) is 35.4 Å². The van der Waals surface area contributed by atoms with Crippen LogP contribution in [0.2, 0.25) is 0 Å². The van der Waals surface area contributed by atoms with E-state index < -0.39 is 10.0 Å². The number of aromatic nitrogens is 1. The van der Waals surface area contributed by atoms with Crippen LogP contribution in [0.4, 0.5) is 0 Å². The molecule has 2 heterocycles. The predicted octanol–water partition coefficient (Wildman–Crippen LogP) is 4.03. The van der Waals surface area contributed by atoms with E-state index in [0.29, 0.717) is 31.4 Å². The number of piperidine rings is 1. The van der Waals surface area contributed by atoms with E-state index in [2.05, 4.69) is 10.3 Å². The third-order valence-corrected chi connectivity index (χ3v) is 10.6. The molecule has 7 rings (SSSR count). The summed E-state index contributed by atoms with van der Waals surface area (Å²) in [4.78, 5) is 17.9. The third-order valence-electron chi connectivity index (χ3n) is 8.68. The highest BCUT2D eigenvalue weighted by Gasteiger charge is 2.52. The highest BCUT2D eigenvalue weighted by Crippen LogP contribution is 2.55. The second-order valence-electron chi connectivity index (χ2n) is 11.2. The Bertz CT molecular complexity index is 1170. The van der Waals surface area contributed by atoms with Gasteiger partial charge in [-0.1, -0.05) is 12.1 Å². The molecule has 4 saturated carbocycles. The average Bonchev–Trinajstić information content (AvgIpc) is 2.77. The van der Waals surface area contributed by atoms with Crippen LogP contribution in [0.1, 0.15) is 56.9 Å². The monoisotopic (exact) mass is 467 g/mol. The first kappa shape index (κ1) is 21.5. The zero-order chi connectivity index (χ0) is 22.8. The SMILES string of the molecule is Cc1cnc2c(S(=O)(=O)N3CCC(C(=O)NC45CC6CC(CC(C6)C4)C5)CC3)cccc2c1. The van der Waals surface area contributed by atoms with Crippen molar-refractivity contribution in [2.45, 2.75) is 68.7 Å². The van der Waals surface area contributed by atoms with Gasteiger partial charge in [-0.2, -0.15) is 4.31 Å². The summed E-state index contributed by atoms with van der Waals surface area (Å²) in [5, 5.41) is 4.33. The van der Waals surface area contributed by atoms with E-state index in [-0.39, 0.29) is 22.3 Å². The number of nitrogens with one attached hydrogen (secondary N) is 1. The molecular weight excluding hydrogens is 434 g/mol. The topological polar surface area (TPSA) is 79.4 Å². The summed E-state index contributed by atoms with van der Waals surface area (Å²) in [5.74, 6) is 2.43. The van der Waals surface area contributed by atoms with E-state index in [0.717, 1.165) is 48.0 Å². The van der Waals surface area contributed by atoms with Gasteiger partial charge in [0.25, 0.3) is 0 Å².